The second kappa shape index (κ2) is 8.02. The first-order valence-corrected chi connectivity index (χ1v) is 7.59. The zero-order chi connectivity index (χ0) is 17.5. The summed E-state index contributed by atoms with van der Waals surface area (Å²) in [4.78, 5) is 14.0. The molecule has 0 saturated carbocycles. The van der Waals surface area contributed by atoms with Gasteiger partial charge in [-0.25, -0.2) is 0 Å². The Morgan fingerprint density at radius 1 is 1.17 bits per heavy atom. The first-order valence-electron chi connectivity index (χ1n) is 7.59. The summed E-state index contributed by atoms with van der Waals surface area (Å²) < 4.78 is 10.9. The second-order valence-electron chi connectivity index (χ2n) is 5.32. The Balaban J connectivity index is 2.05. The fraction of sp³-hybridized carbons (Fsp3) is 0.263. The Morgan fingerprint density at radius 2 is 1.79 bits per heavy atom. The zero-order valence-electron chi connectivity index (χ0n) is 14.0. The number of para-hydroxylation sites is 2. The third-order valence-corrected chi connectivity index (χ3v) is 3.92. The van der Waals surface area contributed by atoms with Crippen molar-refractivity contribution in [2.24, 2.45) is 0 Å². The van der Waals surface area contributed by atoms with Crippen molar-refractivity contribution in [1.82, 2.24) is 4.90 Å². The highest BCUT2D eigenvalue weighted by Crippen LogP contribution is 2.28. The standard InChI is InChI=1S/C19H20N2O3/c1-14(16-9-5-7-11-18(16)23-3)21(2)19(22)13-24-17-10-6-4-8-15(17)12-20/h4-11,14H,13H2,1-3H3. The van der Waals surface area contributed by atoms with Crippen LogP contribution in [-0.4, -0.2) is 31.6 Å². The Bertz CT molecular complexity index is 752. The van der Waals surface area contributed by atoms with E-state index in [2.05, 4.69) is 0 Å². The quantitative estimate of drug-likeness (QED) is 0.819. The summed E-state index contributed by atoms with van der Waals surface area (Å²) in [6.07, 6.45) is 0. The molecule has 124 valence electrons. The number of ether oxygens (including phenoxy) is 2. The van der Waals surface area contributed by atoms with Crippen LogP contribution in [0.1, 0.15) is 24.1 Å². The number of amides is 1. The van der Waals surface area contributed by atoms with E-state index in [4.69, 9.17) is 14.7 Å². The third kappa shape index (κ3) is 3.85. The fourth-order valence-electron chi connectivity index (χ4n) is 2.36. The number of hydrogen-bond donors (Lipinski definition) is 0. The molecule has 0 aliphatic carbocycles. The lowest BCUT2D eigenvalue weighted by atomic mass is 10.1. The van der Waals surface area contributed by atoms with Gasteiger partial charge in [0.05, 0.1) is 18.7 Å². The van der Waals surface area contributed by atoms with Gasteiger partial charge < -0.3 is 14.4 Å². The van der Waals surface area contributed by atoms with E-state index in [-0.39, 0.29) is 18.6 Å². The summed E-state index contributed by atoms with van der Waals surface area (Å²) in [7, 11) is 3.33. The molecule has 0 spiro atoms. The van der Waals surface area contributed by atoms with Gasteiger partial charge in [0.15, 0.2) is 6.61 Å². The maximum Gasteiger partial charge on any atom is 0.260 e. The minimum atomic E-state index is -0.179. The predicted octanol–water partition coefficient (Wildman–Crippen LogP) is 3.17. The molecule has 0 N–H and O–H groups in total. The van der Waals surface area contributed by atoms with E-state index in [1.54, 1.807) is 43.3 Å². The van der Waals surface area contributed by atoms with E-state index in [1.807, 2.05) is 37.3 Å². The predicted molar refractivity (Wildman–Crippen MR) is 90.8 cm³/mol. The van der Waals surface area contributed by atoms with Crippen molar-refractivity contribution in [2.75, 3.05) is 20.8 Å². The molecule has 0 fully saturated rings. The lowest BCUT2D eigenvalue weighted by Crippen LogP contribution is -2.33. The van der Waals surface area contributed by atoms with Crippen molar-refractivity contribution < 1.29 is 14.3 Å². The number of methoxy groups -OCH3 is 1. The van der Waals surface area contributed by atoms with Crippen molar-refractivity contribution in [3.63, 3.8) is 0 Å². The number of carbonyl (C=O) groups excluding carboxylic acids is 1. The number of nitrogens with zero attached hydrogens (tertiary/aromatic N) is 2. The van der Waals surface area contributed by atoms with Gasteiger partial charge in [0.1, 0.15) is 17.6 Å². The molecule has 0 aromatic heterocycles. The van der Waals surface area contributed by atoms with E-state index < -0.39 is 0 Å². The van der Waals surface area contributed by atoms with E-state index in [9.17, 15) is 4.79 Å². The van der Waals surface area contributed by atoms with Crippen LogP contribution in [0.5, 0.6) is 11.5 Å². The Hall–Kier alpha value is -3.00. The van der Waals surface area contributed by atoms with Crippen LogP contribution in [0.2, 0.25) is 0 Å². The highest BCUT2D eigenvalue weighted by molar-refractivity contribution is 5.78. The van der Waals surface area contributed by atoms with Crippen molar-refractivity contribution in [3.05, 3.63) is 59.7 Å². The summed E-state index contributed by atoms with van der Waals surface area (Å²) in [6.45, 7) is 1.80. The van der Waals surface area contributed by atoms with Crippen molar-refractivity contribution in [1.29, 1.82) is 5.26 Å². The molecule has 2 aromatic rings. The third-order valence-electron chi connectivity index (χ3n) is 3.92. The topological polar surface area (TPSA) is 62.6 Å². The zero-order valence-corrected chi connectivity index (χ0v) is 14.0. The normalized spacial score (nSPS) is 11.2. The van der Waals surface area contributed by atoms with Crippen LogP contribution < -0.4 is 9.47 Å². The van der Waals surface area contributed by atoms with Gasteiger partial charge in [0.25, 0.3) is 5.91 Å². The van der Waals surface area contributed by atoms with Crippen LogP contribution in [0, 0.1) is 11.3 Å². The summed E-state index contributed by atoms with van der Waals surface area (Å²) in [5.41, 5.74) is 1.33. The van der Waals surface area contributed by atoms with Gasteiger partial charge in [-0.15, -0.1) is 0 Å². The summed E-state index contributed by atoms with van der Waals surface area (Å²) in [5, 5.41) is 9.05. The van der Waals surface area contributed by atoms with Crippen LogP contribution in [0.4, 0.5) is 0 Å². The van der Waals surface area contributed by atoms with Crippen molar-refractivity contribution in [3.8, 4) is 17.6 Å². The second-order valence-corrected chi connectivity index (χ2v) is 5.32. The first-order chi connectivity index (χ1) is 11.6. The van der Waals surface area contributed by atoms with Gasteiger partial charge in [-0.05, 0) is 25.1 Å². The molecule has 5 heteroatoms. The highest BCUT2D eigenvalue weighted by Gasteiger charge is 2.20. The van der Waals surface area contributed by atoms with Gasteiger partial charge >= 0.3 is 0 Å². The Labute approximate surface area is 142 Å². The van der Waals surface area contributed by atoms with E-state index in [1.165, 1.54) is 0 Å². The maximum absolute atomic E-state index is 12.4. The van der Waals surface area contributed by atoms with Gasteiger partial charge in [0.2, 0.25) is 0 Å². The molecule has 0 bridgehead atoms. The van der Waals surface area contributed by atoms with Gasteiger partial charge in [-0.3, -0.25) is 4.79 Å². The van der Waals surface area contributed by atoms with Gasteiger partial charge in [-0.2, -0.15) is 5.26 Å². The molecule has 5 nitrogen and oxygen atoms in total. The average molecular weight is 324 g/mol. The molecule has 2 aromatic carbocycles. The summed E-state index contributed by atoms with van der Waals surface area (Å²) in [6, 6.07) is 16.3. The van der Waals surface area contributed by atoms with Crippen LogP contribution in [0.3, 0.4) is 0 Å². The monoisotopic (exact) mass is 324 g/mol. The number of carbonyl (C=O) groups is 1. The molecular formula is C19H20N2O3. The number of hydrogen-bond acceptors (Lipinski definition) is 4. The molecule has 0 saturated heterocycles. The number of rotatable bonds is 6. The minimum absolute atomic E-state index is 0.130. The number of benzene rings is 2. The molecule has 0 aliphatic heterocycles. The SMILES string of the molecule is COc1ccccc1C(C)N(C)C(=O)COc1ccccc1C#N. The molecule has 0 aliphatic rings. The van der Waals surface area contributed by atoms with Gasteiger partial charge in [0, 0.05) is 12.6 Å². The van der Waals surface area contributed by atoms with Crippen LogP contribution in [0.15, 0.2) is 48.5 Å². The summed E-state index contributed by atoms with van der Waals surface area (Å²) >= 11 is 0. The lowest BCUT2D eigenvalue weighted by Gasteiger charge is -2.26. The van der Waals surface area contributed by atoms with Crippen LogP contribution >= 0.6 is 0 Å². The highest BCUT2D eigenvalue weighted by atomic mass is 16.5. The molecular weight excluding hydrogens is 304 g/mol. The molecule has 0 heterocycles. The molecule has 2 rings (SSSR count). The van der Waals surface area contributed by atoms with Crippen molar-refractivity contribution in [2.45, 2.75) is 13.0 Å². The Morgan fingerprint density at radius 3 is 2.46 bits per heavy atom. The van der Waals surface area contributed by atoms with E-state index in [0.717, 1.165) is 11.3 Å². The van der Waals surface area contributed by atoms with Crippen LogP contribution in [0.25, 0.3) is 0 Å². The molecule has 24 heavy (non-hydrogen) atoms. The molecule has 1 amide bonds. The fourth-order valence-corrected chi connectivity index (χ4v) is 2.36. The maximum atomic E-state index is 12.4. The lowest BCUT2D eigenvalue weighted by molar-refractivity contribution is -0.134. The largest absolute Gasteiger partial charge is 0.496 e. The number of nitriles is 1. The van der Waals surface area contributed by atoms with Crippen LogP contribution in [-0.2, 0) is 4.79 Å². The van der Waals surface area contributed by atoms with E-state index >= 15 is 0 Å². The minimum Gasteiger partial charge on any atom is -0.496 e. The molecule has 1 unspecified atom stereocenters. The first kappa shape index (κ1) is 17.4. The molecule has 0 radical (unpaired) electrons. The molecule has 1 atom stereocenters. The summed E-state index contributed by atoms with van der Waals surface area (Å²) in [5.74, 6) is 0.966. The van der Waals surface area contributed by atoms with Crippen molar-refractivity contribution >= 4 is 5.91 Å². The van der Waals surface area contributed by atoms with Gasteiger partial charge in [-0.1, -0.05) is 30.3 Å². The number of likely N-dealkylation sites (N-methyl/N-ethyl adjacent to an activating group) is 1. The smallest absolute Gasteiger partial charge is 0.260 e. The Kier molecular flexibility index (Phi) is 5.80. The average Bonchev–Trinajstić information content (AvgIpc) is 2.64. The van der Waals surface area contributed by atoms with E-state index in [0.29, 0.717) is 11.3 Å².